The topological polar surface area (TPSA) is 26.3 Å². The third-order valence-corrected chi connectivity index (χ3v) is 3.76. The molecule has 14 heavy (non-hydrogen) atoms. The summed E-state index contributed by atoms with van der Waals surface area (Å²) in [5, 5.41) is 0. The van der Waals surface area contributed by atoms with Crippen molar-refractivity contribution in [3.05, 3.63) is 0 Å². The Balaban J connectivity index is 4.98. The number of ether oxygens (including phenoxy) is 1. The van der Waals surface area contributed by atoms with E-state index in [0.29, 0.717) is 0 Å². The lowest BCUT2D eigenvalue weighted by atomic mass is 9.63. The van der Waals surface area contributed by atoms with Crippen molar-refractivity contribution in [1.82, 2.24) is 0 Å². The van der Waals surface area contributed by atoms with E-state index in [1.807, 2.05) is 6.92 Å². The molecule has 0 amide bonds. The van der Waals surface area contributed by atoms with Crippen molar-refractivity contribution in [3.63, 3.8) is 0 Å². The van der Waals surface area contributed by atoms with E-state index in [0.717, 1.165) is 19.3 Å². The van der Waals surface area contributed by atoms with Gasteiger partial charge in [-0.3, -0.25) is 4.79 Å². The summed E-state index contributed by atoms with van der Waals surface area (Å²) in [5.74, 6) is -0.0776. The summed E-state index contributed by atoms with van der Waals surface area (Å²) in [5.41, 5.74) is -0.360. The molecule has 0 spiro atoms. The minimum Gasteiger partial charge on any atom is -0.469 e. The SMILES string of the molecule is CCCC(C)(C(=O)OC)C(C)(C)CC. The summed E-state index contributed by atoms with van der Waals surface area (Å²) in [7, 11) is 1.47. The number of hydrogen-bond donors (Lipinski definition) is 0. The molecular weight excluding hydrogens is 176 g/mol. The predicted octanol–water partition coefficient (Wildman–Crippen LogP) is 3.40. The quantitative estimate of drug-likeness (QED) is 0.636. The maximum absolute atomic E-state index is 11.8. The maximum atomic E-state index is 11.8. The average molecular weight is 200 g/mol. The first-order valence-electron chi connectivity index (χ1n) is 5.44. The Morgan fingerprint density at radius 1 is 1.21 bits per heavy atom. The second kappa shape index (κ2) is 4.81. The Bertz CT molecular complexity index is 196. The van der Waals surface area contributed by atoms with Gasteiger partial charge in [0.25, 0.3) is 0 Å². The molecule has 0 fully saturated rings. The zero-order chi connectivity index (χ0) is 11.4. The highest BCUT2D eigenvalue weighted by molar-refractivity contribution is 5.77. The van der Waals surface area contributed by atoms with Crippen LogP contribution in [0.1, 0.15) is 53.9 Å². The maximum Gasteiger partial charge on any atom is 0.312 e. The second-order valence-electron chi connectivity index (χ2n) is 4.81. The van der Waals surface area contributed by atoms with Crippen LogP contribution in [0.3, 0.4) is 0 Å². The highest BCUT2D eigenvalue weighted by Gasteiger charge is 2.46. The molecule has 1 atom stereocenters. The van der Waals surface area contributed by atoms with Crippen LogP contribution in [0.5, 0.6) is 0 Å². The van der Waals surface area contributed by atoms with E-state index >= 15 is 0 Å². The Hall–Kier alpha value is -0.530. The Morgan fingerprint density at radius 3 is 2.00 bits per heavy atom. The highest BCUT2D eigenvalue weighted by atomic mass is 16.5. The van der Waals surface area contributed by atoms with Crippen LogP contribution >= 0.6 is 0 Å². The Labute approximate surface area is 88.0 Å². The summed E-state index contributed by atoms with van der Waals surface area (Å²) >= 11 is 0. The predicted molar refractivity (Wildman–Crippen MR) is 59.1 cm³/mol. The first-order valence-corrected chi connectivity index (χ1v) is 5.44. The lowest BCUT2D eigenvalue weighted by molar-refractivity contribution is -0.160. The van der Waals surface area contributed by atoms with Gasteiger partial charge in [-0.15, -0.1) is 0 Å². The largest absolute Gasteiger partial charge is 0.469 e. The Morgan fingerprint density at radius 2 is 1.71 bits per heavy atom. The van der Waals surface area contributed by atoms with Crippen molar-refractivity contribution >= 4 is 5.97 Å². The van der Waals surface area contributed by atoms with Crippen LogP contribution in [-0.4, -0.2) is 13.1 Å². The molecule has 0 rings (SSSR count). The summed E-state index contributed by atoms with van der Waals surface area (Å²) in [4.78, 5) is 11.8. The van der Waals surface area contributed by atoms with E-state index in [2.05, 4.69) is 27.7 Å². The lowest BCUT2D eigenvalue weighted by Crippen LogP contribution is -2.42. The van der Waals surface area contributed by atoms with Gasteiger partial charge in [-0.1, -0.05) is 34.1 Å². The van der Waals surface area contributed by atoms with E-state index in [4.69, 9.17) is 4.74 Å². The number of methoxy groups -OCH3 is 1. The fraction of sp³-hybridized carbons (Fsp3) is 0.917. The molecule has 0 aliphatic rings. The third-order valence-electron chi connectivity index (χ3n) is 3.76. The Kier molecular flexibility index (Phi) is 4.63. The normalized spacial score (nSPS) is 16.1. The summed E-state index contributed by atoms with van der Waals surface area (Å²) < 4.78 is 4.92. The van der Waals surface area contributed by atoms with E-state index in [-0.39, 0.29) is 16.8 Å². The highest BCUT2D eigenvalue weighted by Crippen LogP contribution is 2.45. The van der Waals surface area contributed by atoms with E-state index in [9.17, 15) is 4.79 Å². The molecule has 0 heterocycles. The molecule has 0 aromatic carbocycles. The summed E-state index contributed by atoms with van der Waals surface area (Å²) in [6.07, 6.45) is 2.88. The molecule has 0 saturated carbocycles. The number of carbonyl (C=O) groups excluding carboxylic acids is 1. The van der Waals surface area contributed by atoms with Crippen molar-refractivity contribution < 1.29 is 9.53 Å². The van der Waals surface area contributed by atoms with Gasteiger partial charge in [0.1, 0.15) is 0 Å². The monoisotopic (exact) mass is 200 g/mol. The lowest BCUT2D eigenvalue weighted by Gasteiger charge is -2.41. The van der Waals surface area contributed by atoms with Crippen molar-refractivity contribution in [3.8, 4) is 0 Å². The van der Waals surface area contributed by atoms with Crippen LogP contribution in [0, 0.1) is 10.8 Å². The molecule has 0 aromatic rings. The average Bonchev–Trinajstić information content (AvgIpc) is 2.16. The van der Waals surface area contributed by atoms with Gasteiger partial charge >= 0.3 is 5.97 Å². The fourth-order valence-corrected chi connectivity index (χ4v) is 1.83. The van der Waals surface area contributed by atoms with Crippen LogP contribution in [0.4, 0.5) is 0 Å². The number of carbonyl (C=O) groups is 1. The molecule has 0 bridgehead atoms. The summed E-state index contributed by atoms with van der Waals surface area (Å²) in [6.45, 7) is 10.5. The first kappa shape index (κ1) is 13.5. The molecule has 0 aliphatic heterocycles. The molecule has 0 aliphatic carbocycles. The zero-order valence-corrected chi connectivity index (χ0v) is 10.4. The van der Waals surface area contributed by atoms with Gasteiger partial charge in [-0.05, 0) is 25.2 Å². The van der Waals surface area contributed by atoms with E-state index in [1.54, 1.807) is 0 Å². The van der Waals surface area contributed by atoms with Gasteiger partial charge in [0.15, 0.2) is 0 Å². The standard InChI is InChI=1S/C12H24O2/c1-7-9-12(5,10(13)14-6)11(3,4)8-2/h7-9H2,1-6H3. The smallest absolute Gasteiger partial charge is 0.312 e. The van der Waals surface area contributed by atoms with Gasteiger partial charge in [-0.2, -0.15) is 0 Å². The van der Waals surface area contributed by atoms with E-state index < -0.39 is 0 Å². The molecule has 0 saturated heterocycles. The van der Waals surface area contributed by atoms with E-state index in [1.165, 1.54) is 7.11 Å². The minimum atomic E-state index is -0.356. The van der Waals surface area contributed by atoms with Crippen LogP contribution in [-0.2, 0) is 9.53 Å². The fourth-order valence-electron chi connectivity index (χ4n) is 1.83. The zero-order valence-electron chi connectivity index (χ0n) is 10.4. The molecule has 0 radical (unpaired) electrons. The van der Waals surface area contributed by atoms with Crippen molar-refractivity contribution in [2.45, 2.75) is 53.9 Å². The third kappa shape index (κ3) is 2.28. The van der Waals surface area contributed by atoms with Crippen molar-refractivity contribution in [1.29, 1.82) is 0 Å². The number of esters is 1. The molecule has 0 N–H and O–H groups in total. The molecule has 0 aromatic heterocycles. The van der Waals surface area contributed by atoms with Crippen molar-refractivity contribution in [2.24, 2.45) is 10.8 Å². The van der Waals surface area contributed by atoms with Gasteiger partial charge in [0.05, 0.1) is 12.5 Å². The van der Waals surface area contributed by atoms with Gasteiger partial charge in [0, 0.05) is 0 Å². The van der Waals surface area contributed by atoms with Crippen LogP contribution in [0.15, 0.2) is 0 Å². The second-order valence-corrected chi connectivity index (χ2v) is 4.81. The van der Waals surface area contributed by atoms with Crippen molar-refractivity contribution in [2.75, 3.05) is 7.11 Å². The van der Waals surface area contributed by atoms with Gasteiger partial charge < -0.3 is 4.74 Å². The molecular formula is C12H24O2. The molecule has 84 valence electrons. The molecule has 2 heteroatoms. The molecule has 1 unspecified atom stereocenters. The van der Waals surface area contributed by atoms with Crippen LogP contribution < -0.4 is 0 Å². The van der Waals surface area contributed by atoms with Gasteiger partial charge in [0.2, 0.25) is 0 Å². The van der Waals surface area contributed by atoms with Crippen LogP contribution in [0.25, 0.3) is 0 Å². The first-order chi connectivity index (χ1) is 6.35. The van der Waals surface area contributed by atoms with Crippen LogP contribution in [0.2, 0.25) is 0 Å². The minimum absolute atomic E-state index is 0.00387. The van der Waals surface area contributed by atoms with Gasteiger partial charge in [-0.25, -0.2) is 0 Å². The molecule has 2 nitrogen and oxygen atoms in total. The number of rotatable bonds is 5. The summed E-state index contributed by atoms with van der Waals surface area (Å²) in [6, 6.07) is 0. The number of hydrogen-bond acceptors (Lipinski definition) is 2.